The molecule has 0 spiro atoms. The maximum Gasteiger partial charge on any atom is 0.305 e. The summed E-state index contributed by atoms with van der Waals surface area (Å²) in [7, 11) is 3.20. The molecule has 1 aromatic heterocycles. The van der Waals surface area contributed by atoms with Crippen molar-refractivity contribution in [2.24, 2.45) is 11.8 Å². The molecule has 1 saturated carbocycles. The summed E-state index contributed by atoms with van der Waals surface area (Å²) in [6.45, 7) is 6.35. The van der Waals surface area contributed by atoms with Crippen molar-refractivity contribution >= 4 is 11.9 Å². The lowest BCUT2D eigenvalue weighted by Gasteiger charge is -2.34. The van der Waals surface area contributed by atoms with Crippen LogP contribution in [-0.4, -0.2) is 47.0 Å². The molecule has 8 heteroatoms. The molecular formula is C25H35N3O5. The van der Waals surface area contributed by atoms with Gasteiger partial charge in [0, 0.05) is 6.04 Å². The van der Waals surface area contributed by atoms with Crippen molar-refractivity contribution in [3.8, 4) is 22.8 Å². The zero-order valence-corrected chi connectivity index (χ0v) is 20.1. The highest BCUT2D eigenvalue weighted by Crippen LogP contribution is 2.44. The molecule has 1 fully saturated rings. The number of carboxylic acid groups (broad SMARTS) is 1. The molecule has 1 atom stereocenters. The van der Waals surface area contributed by atoms with Gasteiger partial charge in [-0.1, -0.05) is 26.8 Å². The highest BCUT2D eigenvalue weighted by Gasteiger charge is 2.32. The van der Waals surface area contributed by atoms with Gasteiger partial charge in [0.1, 0.15) is 11.5 Å². The van der Waals surface area contributed by atoms with E-state index in [0.717, 1.165) is 30.5 Å². The Hall–Kier alpha value is -3.03. The molecule has 0 bridgehead atoms. The standard InChI is InChI=1S/C25H35N3O5/c1-15(2)9-10-17(13-23(29)30)26-25(31)19-14-20(28(27-19)18-11-16(3)12-18)24-21(32-4)7-6-8-22(24)33-5/h6-8,14-18H,9-13H2,1-5H3,(H,26,31)(H,29,30)/t16?,17-,18?/m0/s1. The van der Waals surface area contributed by atoms with Crippen LogP contribution in [0.25, 0.3) is 11.3 Å². The van der Waals surface area contributed by atoms with E-state index in [1.807, 2.05) is 22.9 Å². The van der Waals surface area contributed by atoms with E-state index in [1.54, 1.807) is 20.3 Å². The summed E-state index contributed by atoms with van der Waals surface area (Å²) in [5, 5.41) is 16.8. The molecular weight excluding hydrogens is 422 g/mol. The number of hydrogen-bond donors (Lipinski definition) is 2. The van der Waals surface area contributed by atoms with Crippen molar-refractivity contribution in [3.63, 3.8) is 0 Å². The number of ether oxygens (including phenoxy) is 2. The third kappa shape index (κ3) is 5.86. The number of hydrogen-bond acceptors (Lipinski definition) is 5. The molecule has 1 aliphatic carbocycles. The van der Waals surface area contributed by atoms with Crippen molar-refractivity contribution < 1.29 is 24.2 Å². The van der Waals surface area contributed by atoms with Crippen LogP contribution in [0.2, 0.25) is 0 Å². The fourth-order valence-electron chi connectivity index (χ4n) is 4.36. The van der Waals surface area contributed by atoms with Gasteiger partial charge >= 0.3 is 5.97 Å². The molecule has 0 radical (unpaired) electrons. The molecule has 2 aromatic rings. The van der Waals surface area contributed by atoms with Crippen molar-refractivity contribution in [2.45, 2.75) is 65.0 Å². The number of nitrogens with one attached hydrogen (secondary N) is 1. The zero-order chi connectivity index (χ0) is 24.1. The highest BCUT2D eigenvalue weighted by atomic mass is 16.5. The van der Waals surface area contributed by atoms with Gasteiger partial charge in [0.25, 0.3) is 5.91 Å². The van der Waals surface area contributed by atoms with Gasteiger partial charge in [0.15, 0.2) is 5.69 Å². The van der Waals surface area contributed by atoms with E-state index >= 15 is 0 Å². The molecule has 33 heavy (non-hydrogen) atoms. The lowest BCUT2D eigenvalue weighted by molar-refractivity contribution is -0.137. The summed E-state index contributed by atoms with van der Waals surface area (Å²) >= 11 is 0. The highest BCUT2D eigenvalue weighted by molar-refractivity contribution is 5.94. The Bertz CT molecular complexity index is 956. The summed E-state index contributed by atoms with van der Waals surface area (Å²) in [5.41, 5.74) is 1.76. The van der Waals surface area contributed by atoms with E-state index in [9.17, 15) is 14.7 Å². The Morgan fingerprint density at radius 1 is 1.18 bits per heavy atom. The number of rotatable bonds is 11. The molecule has 1 amide bonds. The van der Waals surface area contributed by atoms with Gasteiger partial charge in [-0.15, -0.1) is 0 Å². The van der Waals surface area contributed by atoms with Crippen molar-refractivity contribution in [1.82, 2.24) is 15.1 Å². The van der Waals surface area contributed by atoms with Crippen LogP contribution in [0.1, 0.15) is 69.4 Å². The number of aliphatic carboxylic acids is 1. The molecule has 0 saturated heterocycles. The quantitative estimate of drug-likeness (QED) is 0.513. The second-order valence-electron chi connectivity index (χ2n) is 9.37. The Morgan fingerprint density at radius 3 is 2.33 bits per heavy atom. The van der Waals surface area contributed by atoms with Crippen LogP contribution in [0.5, 0.6) is 11.5 Å². The normalized spacial score (nSPS) is 18.5. The Labute approximate surface area is 195 Å². The molecule has 3 rings (SSSR count). The average molecular weight is 458 g/mol. The number of carbonyl (C=O) groups excluding carboxylic acids is 1. The fraction of sp³-hybridized carbons (Fsp3) is 0.560. The van der Waals surface area contributed by atoms with Crippen molar-refractivity contribution in [3.05, 3.63) is 30.0 Å². The third-order valence-corrected chi connectivity index (χ3v) is 6.20. The van der Waals surface area contributed by atoms with Crippen LogP contribution in [0.4, 0.5) is 0 Å². The maximum atomic E-state index is 13.1. The minimum absolute atomic E-state index is 0.119. The number of aromatic nitrogens is 2. The second kappa shape index (κ2) is 10.7. The van der Waals surface area contributed by atoms with E-state index < -0.39 is 12.0 Å². The van der Waals surface area contributed by atoms with Gasteiger partial charge < -0.3 is 19.9 Å². The molecule has 2 N–H and O–H groups in total. The summed E-state index contributed by atoms with van der Waals surface area (Å²) in [6, 6.07) is 7.04. The van der Waals surface area contributed by atoms with E-state index in [4.69, 9.17) is 9.47 Å². The number of carboxylic acids is 1. The lowest BCUT2D eigenvalue weighted by atomic mass is 9.82. The minimum atomic E-state index is -0.933. The number of carbonyl (C=O) groups is 2. The van der Waals surface area contributed by atoms with Crippen LogP contribution in [0.15, 0.2) is 24.3 Å². The Kier molecular flexibility index (Phi) is 8.00. The molecule has 8 nitrogen and oxygen atoms in total. The predicted octanol–water partition coefficient (Wildman–Crippen LogP) is 4.55. The summed E-state index contributed by atoms with van der Waals surface area (Å²) in [4.78, 5) is 24.5. The Morgan fingerprint density at radius 2 is 1.82 bits per heavy atom. The number of amides is 1. The minimum Gasteiger partial charge on any atom is -0.496 e. The maximum absolute atomic E-state index is 13.1. The van der Waals surface area contributed by atoms with E-state index in [-0.39, 0.29) is 24.1 Å². The second-order valence-corrected chi connectivity index (χ2v) is 9.37. The number of methoxy groups -OCH3 is 2. The SMILES string of the molecule is COc1cccc(OC)c1-c1cc(C(=O)N[C@@H](CCC(C)C)CC(=O)O)nn1C1CC(C)C1. The third-order valence-electron chi connectivity index (χ3n) is 6.20. The number of benzene rings is 1. The first kappa shape index (κ1) is 24.6. The summed E-state index contributed by atoms with van der Waals surface area (Å²) in [5.74, 6) is 0.984. The first-order chi connectivity index (χ1) is 15.7. The zero-order valence-electron chi connectivity index (χ0n) is 20.1. The van der Waals surface area contributed by atoms with Gasteiger partial charge in [0.2, 0.25) is 0 Å². The number of nitrogens with zero attached hydrogens (tertiary/aromatic N) is 2. The predicted molar refractivity (Wildman–Crippen MR) is 126 cm³/mol. The van der Waals surface area contributed by atoms with Crippen LogP contribution < -0.4 is 14.8 Å². The van der Waals surface area contributed by atoms with Crippen LogP contribution in [0.3, 0.4) is 0 Å². The summed E-state index contributed by atoms with van der Waals surface area (Å²) in [6.07, 6.45) is 3.26. The van der Waals surface area contributed by atoms with Gasteiger partial charge in [-0.05, 0) is 55.7 Å². The molecule has 0 unspecified atom stereocenters. The largest absolute Gasteiger partial charge is 0.496 e. The van der Waals surface area contributed by atoms with Gasteiger partial charge in [-0.2, -0.15) is 5.10 Å². The first-order valence-corrected chi connectivity index (χ1v) is 11.6. The molecule has 1 heterocycles. The van der Waals surface area contributed by atoms with Crippen LogP contribution in [0, 0.1) is 11.8 Å². The molecule has 1 aliphatic rings. The van der Waals surface area contributed by atoms with E-state index in [0.29, 0.717) is 29.8 Å². The lowest BCUT2D eigenvalue weighted by Crippen LogP contribution is -2.37. The van der Waals surface area contributed by atoms with Gasteiger partial charge in [-0.25, -0.2) is 0 Å². The van der Waals surface area contributed by atoms with Gasteiger partial charge in [-0.3, -0.25) is 14.3 Å². The monoisotopic (exact) mass is 457 g/mol. The van der Waals surface area contributed by atoms with Crippen molar-refractivity contribution in [1.29, 1.82) is 0 Å². The topological polar surface area (TPSA) is 103 Å². The molecule has 180 valence electrons. The van der Waals surface area contributed by atoms with Gasteiger partial charge in [0.05, 0.1) is 37.9 Å². The Balaban J connectivity index is 1.96. The summed E-state index contributed by atoms with van der Waals surface area (Å²) < 4.78 is 13.1. The van der Waals surface area contributed by atoms with E-state index in [1.165, 1.54) is 0 Å². The van der Waals surface area contributed by atoms with E-state index in [2.05, 4.69) is 31.2 Å². The fourth-order valence-corrected chi connectivity index (χ4v) is 4.36. The van der Waals surface area contributed by atoms with Crippen molar-refractivity contribution in [2.75, 3.05) is 14.2 Å². The molecule has 0 aliphatic heterocycles. The average Bonchev–Trinajstić information content (AvgIpc) is 3.18. The smallest absolute Gasteiger partial charge is 0.305 e. The molecule has 1 aromatic carbocycles. The van der Waals surface area contributed by atoms with Crippen LogP contribution >= 0.6 is 0 Å². The first-order valence-electron chi connectivity index (χ1n) is 11.6. The van der Waals surface area contributed by atoms with Crippen LogP contribution in [-0.2, 0) is 4.79 Å².